The number of ether oxygens (including phenoxy) is 1. The van der Waals surface area contributed by atoms with Crippen molar-refractivity contribution >= 4 is 5.97 Å². The summed E-state index contributed by atoms with van der Waals surface area (Å²) in [6.45, 7) is 6.93. The van der Waals surface area contributed by atoms with Gasteiger partial charge in [0.2, 0.25) is 0 Å². The largest absolute Gasteiger partial charge is 0.466 e. The zero-order valence-electron chi connectivity index (χ0n) is 12.7. The summed E-state index contributed by atoms with van der Waals surface area (Å²) >= 11 is 0. The number of esters is 1. The number of carbonyl (C=O) groups is 1. The Morgan fingerprint density at radius 2 is 2.05 bits per heavy atom. The van der Waals surface area contributed by atoms with E-state index in [1.807, 2.05) is 6.92 Å². The molecule has 0 bridgehead atoms. The van der Waals surface area contributed by atoms with E-state index in [-0.39, 0.29) is 5.97 Å². The van der Waals surface area contributed by atoms with Gasteiger partial charge in [0, 0.05) is 25.2 Å². The molecule has 1 saturated carbocycles. The summed E-state index contributed by atoms with van der Waals surface area (Å²) in [5.41, 5.74) is 0. The number of hydrogen-bond acceptors (Lipinski definition) is 4. The Labute approximate surface area is 122 Å². The Balaban J connectivity index is 1.47. The van der Waals surface area contributed by atoms with Gasteiger partial charge in [-0.3, -0.25) is 9.69 Å². The molecule has 2 heterocycles. The van der Waals surface area contributed by atoms with Crippen LogP contribution in [0.2, 0.25) is 0 Å². The van der Waals surface area contributed by atoms with Crippen LogP contribution in [0.3, 0.4) is 0 Å². The molecule has 0 amide bonds. The third-order valence-corrected chi connectivity index (χ3v) is 5.15. The molecule has 114 valence electrons. The maximum atomic E-state index is 11.5. The summed E-state index contributed by atoms with van der Waals surface area (Å²) in [4.78, 5) is 16.7. The van der Waals surface area contributed by atoms with Crippen LogP contribution >= 0.6 is 0 Å². The predicted octanol–water partition coefficient (Wildman–Crippen LogP) is 1.89. The molecule has 0 N–H and O–H groups in total. The van der Waals surface area contributed by atoms with E-state index < -0.39 is 0 Å². The molecule has 3 rings (SSSR count). The van der Waals surface area contributed by atoms with Crippen molar-refractivity contribution in [3.05, 3.63) is 0 Å². The number of hydrogen-bond donors (Lipinski definition) is 0. The van der Waals surface area contributed by atoms with Crippen molar-refractivity contribution in [1.29, 1.82) is 0 Å². The van der Waals surface area contributed by atoms with Crippen molar-refractivity contribution in [2.24, 2.45) is 5.92 Å². The van der Waals surface area contributed by atoms with Crippen LogP contribution in [-0.4, -0.2) is 60.6 Å². The molecule has 2 aliphatic heterocycles. The molecule has 4 nitrogen and oxygen atoms in total. The van der Waals surface area contributed by atoms with Crippen LogP contribution in [0.4, 0.5) is 0 Å². The van der Waals surface area contributed by atoms with Gasteiger partial charge in [-0.25, -0.2) is 0 Å². The lowest BCUT2D eigenvalue weighted by Gasteiger charge is -2.47. The van der Waals surface area contributed by atoms with Gasteiger partial charge in [-0.2, -0.15) is 0 Å². The molecular weight excluding hydrogens is 252 g/mol. The summed E-state index contributed by atoms with van der Waals surface area (Å²) in [6, 6.07) is 1.74. The minimum atomic E-state index is -0.0436. The fraction of sp³-hybridized carbons (Fsp3) is 0.938. The molecule has 3 fully saturated rings. The van der Waals surface area contributed by atoms with Crippen LogP contribution in [0, 0.1) is 5.92 Å². The van der Waals surface area contributed by atoms with Crippen LogP contribution < -0.4 is 0 Å². The molecule has 4 heteroatoms. The Bertz CT molecular complexity index is 343. The maximum Gasteiger partial charge on any atom is 0.307 e. The minimum Gasteiger partial charge on any atom is -0.466 e. The second-order valence-corrected chi connectivity index (χ2v) is 6.58. The van der Waals surface area contributed by atoms with Gasteiger partial charge in [0.05, 0.1) is 13.0 Å². The van der Waals surface area contributed by atoms with Gasteiger partial charge in [0.1, 0.15) is 0 Å². The summed E-state index contributed by atoms with van der Waals surface area (Å²) in [5, 5.41) is 0. The van der Waals surface area contributed by atoms with Gasteiger partial charge in [0.15, 0.2) is 0 Å². The van der Waals surface area contributed by atoms with E-state index >= 15 is 0 Å². The smallest absolute Gasteiger partial charge is 0.307 e. The zero-order valence-corrected chi connectivity index (χ0v) is 12.7. The standard InChI is InChI=1S/C16H28N2O2/c1-2-20-16(19)8-11-17-10-7-15-13(12-17)4-3-9-18(15)14-5-6-14/h13-15H,2-12H2,1H3/t13-,15+/m0/s1. The fourth-order valence-corrected chi connectivity index (χ4v) is 4.06. The van der Waals surface area contributed by atoms with Crippen LogP contribution in [-0.2, 0) is 9.53 Å². The summed E-state index contributed by atoms with van der Waals surface area (Å²) in [5.74, 6) is 0.790. The van der Waals surface area contributed by atoms with Crippen LogP contribution in [0.1, 0.15) is 45.4 Å². The highest BCUT2D eigenvalue weighted by molar-refractivity contribution is 5.69. The van der Waals surface area contributed by atoms with Crippen LogP contribution in [0.25, 0.3) is 0 Å². The van der Waals surface area contributed by atoms with E-state index in [0.29, 0.717) is 13.0 Å². The van der Waals surface area contributed by atoms with Crippen LogP contribution in [0.5, 0.6) is 0 Å². The van der Waals surface area contributed by atoms with Crippen molar-refractivity contribution in [3.8, 4) is 0 Å². The first-order chi connectivity index (χ1) is 9.78. The van der Waals surface area contributed by atoms with E-state index in [0.717, 1.165) is 31.1 Å². The van der Waals surface area contributed by atoms with E-state index in [4.69, 9.17) is 4.74 Å². The topological polar surface area (TPSA) is 32.8 Å². The molecule has 3 aliphatic rings. The second kappa shape index (κ2) is 6.44. The third kappa shape index (κ3) is 3.34. The molecule has 0 aromatic heterocycles. The van der Waals surface area contributed by atoms with E-state index in [2.05, 4.69) is 9.80 Å². The quantitative estimate of drug-likeness (QED) is 0.720. The second-order valence-electron chi connectivity index (χ2n) is 6.58. The molecule has 2 atom stereocenters. The Hall–Kier alpha value is -0.610. The number of likely N-dealkylation sites (tertiary alicyclic amines) is 2. The van der Waals surface area contributed by atoms with Crippen LogP contribution in [0.15, 0.2) is 0 Å². The first-order valence-corrected chi connectivity index (χ1v) is 8.41. The highest BCUT2D eigenvalue weighted by atomic mass is 16.5. The molecule has 0 unspecified atom stereocenters. The van der Waals surface area contributed by atoms with Gasteiger partial charge in [-0.1, -0.05) is 0 Å². The summed E-state index contributed by atoms with van der Waals surface area (Å²) in [7, 11) is 0. The number of fused-ring (bicyclic) bond motifs is 1. The fourth-order valence-electron chi connectivity index (χ4n) is 4.06. The number of rotatable bonds is 5. The molecule has 2 saturated heterocycles. The predicted molar refractivity (Wildman–Crippen MR) is 78.5 cm³/mol. The first kappa shape index (κ1) is 14.3. The van der Waals surface area contributed by atoms with Gasteiger partial charge in [-0.15, -0.1) is 0 Å². The molecule has 0 spiro atoms. The summed E-state index contributed by atoms with van der Waals surface area (Å²) in [6.07, 6.45) is 7.44. The van der Waals surface area contributed by atoms with Gasteiger partial charge < -0.3 is 9.64 Å². The normalized spacial score (nSPS) is 31.9. The van der Waals surface area contributed by atoms with Gasteiger partial charge >= 0.3 is 5.97 Å². The average molecular weight is 280 g/mol. The van der Waals surface area contributed by atoms with Crippen molar-refractivity contribution < 1.29 is 9.53 Å². The first-order valence-electron chi connectivity index (χ1n) is 8.41. The summed E-state index contributed by atoms with van der Waals surface area (Å²) < 4.78 is 5.02. The van der Waals surface area contributed by atoms with E-state index in [9.17, 15) is 4.79 Å². The van der Waals surface area contributed by atoms with Crippen molar-refractivity contribution in [2.75, 3.05) is 32.8 Å². The minimum absolute atomic E-state index is 0.0436. The number of piperidine rings is 2. The Morgan fingerprint density at radius 1 is 1.20 bits per heavy atom. The lowest BCUT2D eigenvalue weighted by molar-refractivity contribution is -0.143. The SMILES string of the molecule is CCOC(=O)CCN1CC[C@@H]2[C@@H](CCCN2C2CC2)C1. The lowest BCUT2D eigenvalue weighted by Crippen LogP contribution is -2.54. The molecule has 0 aromatic rings. The molecule has 1 aliphatic carbocycles. The highest BCUT2D eigenvalue weighted by Crippen LogP contribution is 2.38. The lowest BCUT2D eigenvalue weighted by atomic mass is 9.83. The molecular formula is C16H28N2O2. The highest BCUT2D eigenvalue weighted by Gasteiger charge is 2.41. The van der Waals surface area contributed by atoms with Crippen molar-refractivity contribution in [1.82, 2.24) is 9.80 Å². The van der Waals surface area contributed by atoms with E-state index in [1.165, 1.54) is 45.2 Å². The van der Waals surface area contributed by atoms with Gasteiger partial charge in [0.25, 0.3) is 0 Å². The van der Waals surface area contributed by atoms with E-state index in [1.54, 1.807) is 0 Å². The van der Waals surface area contributed by atoms with Crippen molar-refractivity contribution in [3.63, 3.8) is 0 Å². The maximum absolute atomic E-state index is 11.5. The molecule has 0 radical (unpaired) electrons. The van der Waals surface area contributed by atoms with Crippen molar-refractivity contribution in [2.45, 2.75) is 57.5 Å². The third-order valence-electron chi connectivity index (χ3n) is 5.15. The van der Waals surface area contributed by atoms with Gasteiger partial charge in [-0.05, 0) is 58.0 Å². The molecule has 20 heavy (non-hydrogen) atoms. The number of nitrogens with zero attached hydrogens (tertiary/aromatic N) is 2. The number of carbonyl (C=O) groups excluding carboxylic acids is 1. The zero-order chi connectivity index (χ0) is 13.9. The average Bonchev–Trinajstić information content (AvgIpc) is 3.29. The molecule has 0 aromatic carbocycles. The Kier molecular flexibility index (Phi) is 4.61. The Morgan fingerprint density at radius 3 is 2.80 bits per heavy atom. The monoisotopic (exact) mass is 280 g/mol.